The van der Waals surface area contributed by atoms with Gasteiger partial charge in [-0.25, -0.2) is 0 Å². The highest BCUT2D eigenvalue weighted by Crippen LogP contribution is 2.09. The minimum atomic E-state index is -1.29. The summed E-state index contributed by atoms with van der Waals surface area (Å²) in [6.07, 6.45) is -3.58. The van der Waals surface area contributed by atoms with E-state index in [9.17, 15) is 10.2 Å². The van der Waals surface area contributed by atoms with Crippen molar-refractivity contribution in [1.82, 2.24) is 0 Å². The highest BCUT2D eigenvalue weighted by molar-refractivity contribution is 4.79. The van der Waals surface area contributed by atoms with Crippen LogP contribution in [0, 0.1) is 5.92 Å². The summed E-state index contributed by atoms with van der Waals surface area (Å²) in [5, 5.41) is 36.1. The minimum Gasteiger partial charge on any atom is -0.396 e. The number of rotatable bonds is 5. The summed E-state index contributed by atoms with van der Waals surface area (Å²) >= 11 is 0. The maximum atomic E-state index is 9.26. The lowest BCUT2D eigenvalue weighted by Gasteiger charge is -2.25. The molecule has 0 aromatic carbocycles. The lowest BCUT2D eigenvalue weighted by Crippen LogP contribution is -2.45. The topological polar surface area (TPSA) is 107 Å². The van der Waals surface area contributed by atoms with Gasteiger partial charge in [0.1, 0.15) is 6.10 Å². The van der Waals surface area contributed by atoms with Crippen LogP contribution in [0.3, 0.4) is 0 Å². The number of hydrogen-bond donors (Lipinski definition) is 5. The summed E-state index contributed by atoms with van der Waals surface area (Å²) in [4.78, 5) is 0. The van der Waals surface area contributed by atoms with Gasteiger partial charge in [0.15, 0.2) is 0 Å². The molecule has 0 radical (unpaired) electrons. The van der Waals surface area contributed by atoms with Crippen LogP contribution in [0.25, 0.3) is 0 Å². The maximum Gasteiger partial charge on any atom is 0.107 e. The van der Waals surface area contributed by atoms with Crippen LogP contribution in [0.5, 0.6) is 0 Å². The lowest BCUT2D eigenvalue weighted by atomic mass is 9.97. The molecular weight excluding hydrogens is 162 g/mol. The molecule has 0 amide bonds. The van der Waals surface area contributed by atoms with E-state index in [1.54, 1.807) is 6.92 Å². The number of hydrogen-bond acceptors (Lipinski definition) is 5. The third-order valence-corrected chi connectivity index (χ3v) is 1.86. The molecule has 0 aromatic heterocycles. The molecule has 5 heteroatoms. The molecule has 0 bridgehead atoms. The summed E-state index contributed by atoms with van der Waals surface area (Å²) in [6.45, 7) is 1.21. The Morgan fingerprint density at radius 2 is 1.67 bits per heavy atom. The van der Waals surface area contributed by atoms with Gasteiger partial charge in [0.25, 0.3) is 0 Å². The van der Waals surface area contributed by atoms with Crippen molar-refractivity contribution in [2.24, 2.45) is 11.7 Å². The molecule has 0 aliphatic heterocycles. The molecule has 12 heavy (non-hydrogen) atoms. The van der Waals surface area contributed by atoms with Gasteiger partial charge < -0.3 is 26.2 Å². The molecule has 0 aliphatic carbocycles. The van der Waals surface area contributed by atoms with Gasteiger partial charge in [-0.2, -0.15) is 0 Å². The van der Waals surface area contributed by atoms with Crippen LogP contribution in [0.4, 0.5) is 0 Å². The van der Waals surface area contributed by atoms with Crippen LogP contribution in [-0.4, -0.2) is 51.9 Å². The highest BCUT2D eigenvalue weighted by atomic mass is 16.4. The number of aliphatic hydroxyl groups is 4. The Morgan fingerprint density at radius 3 is 2.00 bits per heavy atom. The maximum absolute atomic E-state index is 9.26. The van der Waals surface area contributed by atoms with Crippen molar-refractivity contribution in [3.63, 3.8) is 0 Å². The molecule has 4 atom stereocenters. The quantitative estimate of drug-likeness (QED) is 0.325. The Bertz CT molecular complexity index is 108. The zero-order valence-corrected chi connectivity index (χ0v) is 7.09. The predicted molar refractivity (Wildman–Crippen MR) is 43.3 cm³/mol. The number of aliphatic hydroxyl groups excluding tert-OH is 4. The smallest absolute Gasteiger partial charge is 0.107 e. The van der Waals surface area contributed by atoms with E-state index in [2.05, 4.69) is 0 Å². The summed E-state index contributed by atoms with van der Waals surface area (Å²) in [5.41, 5.74) is 5.07. The molecule has 0 heterocycles. The SMILES string of the molecule is C[C@H](CO)[C@@H](O)[C@H](O)[C@@H](O)CN. The fourth-order valence-corrected chi connectivity index (χ4v) is 0.812. The molecule has 74 valence electrons. The van der Waals surface area contributed by atoms with E-state index in [4.69, 9.17) is 15.9 Å². The van der Waals surface area contributed by atoms with E-state index in [1.807, 2.05) is 0 Å². The third kappa shape index (κ3) is 3.04. The first-order valence-electron chi connectivity index (χ1n) is 3.89. The van der Waals surface area contributed by atoms with E-state index in [0.29, 0.717) is 0 Å². The molecule has 0 spiro atoms. The minimum absolute atomic E-state index is 0.115. The monoisotopic (exact) mass is 179 g/mol. The van der Waals surface area contributed by atoms with Crippen molar-refractivity contribution in [2.75, 3.05) is 13.2 Å². The second kappa shape index (κ2) is 5.45. The molecule has 6 N–H and O–H groups in total. The Morgan fingerprint density at radius 1 is 1.17 bits per heavy atom. The van der Waals surface area contributed by atoms with Crippen LogP contribution >= 0.6 is 0 Å². The van der Waals surface area contributed by atoms with E-state index >= 15 is 0 Å². The third-order valence-electron chi connectivity index (χ3n) is 1.86. The zero-order chi connectivity index (χ0) is 9.72. The van der Waals surface area contributed by atoms with Gasteiger partial charge in [-0.1, -0.05) is 6.92 Å². The summed E-state index contributed by atoms with van der Waals surface area (Å²) in [7, 11) is 0. The molecule has 0 unspecified atom stereocenters. The predicted octanol–water partition coefficient (Wildman–Crippen LogP) is -2.34. The largest absolute Gasteiger partial charge is 0.396 e. The van der Waals surface area contributed by atoms with Gasteiger partial charge in [0, 0.05) is 19.1 Å². The summed E-state index contributed by atoms with van der Waals surface area (Å²) in [6, 6.07) is 0. The molecule has 5 nitrogen and oxygen atoms in total. The van der Waals surface area contributed by atoms with Crippen molar-refractivity contribution in [1.29, 1.82) is 0 Å². The summed E-state index contributed by atoms with van der Waals surface area (Å²) in [5.74, 6) is -0.471. The zero-order valence-electron chi connectivity index (χ0n) is 7.09. The van der Waals surface area contributed by atoms with E-state index in [0.717, 1.165) is 0 Å². The Hall–Kier alpha value is -0.200. The van der Waals surface area contributed by atoms with E-state index in [-0.39, 0.29) is 13.2 Å². The first kappa shape index (κ1) is 11.8. The highest BCUT2D eigenvalue weighted by Gasteiger charge is 2.27. The van der Waals surface area contributed by atoms with Gasteiger partial charge in [-0.05, 0) is 0 Å². The standard InChI is InChI=1S/C7H17NO4/c1-4(3-9)6(11)7(12)5(10)2-8/h4-7,9-12H,2-3,8H2,1H3/t4-,5+,6-,7-/m1/s1. The Balaban J connectivity index is 3.99. The van der Waals surface area contributed by atoms with Gasteiger partial charge >= 0.3 is 0 Å². The van der Waals surface area contributed by atoms with Gasteiger partial charge in [-0.3, -0.25) is 0 Å². The number of nitrogens with two attached hydrogens (primary N) is 1. The molecule has 0 saturated heterocycles. The molecule has 0 fully saturated rings. The van der Waals surface area contributed by atoms with E-state index < -0.39 is 24.2 Å². The van der Waals surface area contributed by atoms with Crippen LogP contribution in [-0.2, 0) is 0 Å². The average molecular weight is 179 g/mol. The second-order valence-electron chi connectivity index (χ2n) is 2.94. The molecule has 0 saturated carbocycles. The van der Waals surface area contributed by atoms with Crippen molar-refractivity contribution in [2.45, 2.75) is 25.2 Å². The first-order valence-corrected chi connectivity index (χ1v) is 3.89. The van der Waals surface area contributed by atoms with Gasteiger partial charge in [0.2, 0.25) is 0 Å². The first-order chi connectivity index (χ1) is 5.54. The van der Waals surface area contributed by atoms with Crippen LogP contribution in [0.2, 0.25) is 0 Å². The van der Waals surface area contributed by atoms with Gasteiger partial charge in [-0.15, -0.1) is 0 Å². The molecular formula is C7H17NO4. The van der Waals surface area contributed by atoms with Crippen LogP contribution < -0.4 is 5.73 Å². The van der Waals surface area contributed by atoms with Crippen LogP contribution in [0.1, 0.15) is 6.92 Å². The summed E-state index contributed by atoms with van der Waals surface area (Å²) < 4.78 is 0. The van der Waals surface area contributed by atoms with Crippen LogP contribution in [0.15, 0.2) is 0 Å². The normalized spacial score (nSPS) is 21.5. The van der Waals surface area contributed by atoms with Crippen molar-refractivity contribution >= 4 is 0 Å². The van der Waals surface area contributed by atoms with Gasteiger partial charge in [0.05, 0.1) is 12.2 Å². The second-order valence-corrected chi connectivity index (χ2v) is 2.94. The molecule has 0 aliphatic rings. The average Bonchev–Trinajstić information content (AvgIpc) is 2.12. The van der Waals surface area contributed by atoms with Crippen molar-refractivity contribution < 1.29 is 20.4 Å². The Labute approximate surface area is 71.4 Å². The van der Waals surface area contributed by atoms with Crippen molar-refractivity contribution in [3.05, 3.63) is 0 Å². The molecule has 0 aromatic rings. The van der Waals surface area contributed by atoms with Crippen molar-refractivity contribution in [3.8, 4) is 0 Å². The fraction of sp³-hybridized carbons (Fsp3) is 1.00. The fourth-order valence-electron chi connectivity index (χ4n) is 0.812. The Kier molecular flexibility index (Phi) is 5.36. The van der Waals surface area contributed by atoms with E-state index in [1.165, 1.54) is 0 Å². The molecule has 0 rings (SSSR count). The lowest BCUT2D eigenvalue weighted by molar-refractivity contribution is -0.0817.